The zero-order chi connectivity index (χ0) is 48.2. The lowest BCUT2D eigenvalue weighted by Crippen LogP contribution is -2.62. The van der Waals surface area contributed by atoms with Crippen molar-refractivity contribution in [3.05, 3.63) is 71.8 Å². The lowest BCUT2D eigenvalue weighted by atomic mass is 10.0. The summed E-state index contributed by atoms with van der Waals surface area (Å²) in [4.78, 5) is 118. The topological polar surface area (TPSA) is 388 Å². The molecule has 1 aliphatic rings. The first kappa shape index (κ1) is 52.8. The number of benzene rings is 2. The van der Waals surface area contributed by atoms with Crippen LogP contribution in [0.4, 0.5) is 0 Å². The molecule has 3 rings (SSSR count). The SMILES string of the molecule is C[C@H](NC(=O)[C@H](CO)NC(=O)[C@H](CO)NC(=O)[C@H](CO)NC(=O)[C@H](Cc1ccccc1)NC(=O)[C@H](CO)NC(=O)[C@@H](N)CO)C(=O)N1CCC[C@H]1C(=O)N[C@@H](Cc1ccccc1)C(=O)O. The van der Waals surface area contributed by atoms with Gasteiger partial charge in [0.25, 0.3) is 0 Å². The number of likely N-dealkylation sites (tertiary alicyclic amines) is 1. The summed E-state index contributed by atoms with van der Waals surface area (Å²) in [6, 6.07) is 3.14. The van der Waals surface area contributed by atoms with E-state index in [1.165, 1.54) is 11.8 Å². The smallest absolute Gasteiger partial charge is 0.326 e. The van der Waals surface area contributed by atoms with Crippen LogP contribution in [0.5, 0.6) is 0 Å². The third-order valence-electron chi connectivity index (χ3n) is 10.2. The highest BCUT2D eigenvalue weighted by Crippen LogP contribution is 2.19. The number of nitrogens with one attached hydrogen (secondary N) is 7. The predicted molar refractivity (Wildman–Crippen MR) is 225 cm³/mol. The van der Waals surface area contributed by atoms with Crippen LogP contribution in [-0.2, 0) is 56.0 Å². The Hall–Kier alpha value is -6.57. The van der Waals surface area contributed by atoms with Gasteiger partial charge < -0.3 is 78.5 Å². The molecule has 1 saturated heterocycles. The average Bonchev–Trinajstić information content (AvgIpc) is 3.80. The summed E-state index contributed by atoms with van der Waals surface area (Å²) in [6.07, 6.45) is 0.388. The van der Waals surface area contributed by atoms with Crippen molar-refractivity contribution in [3.63, 3.8) is 0 Å². The molecule has 0 bridgehead atoms. The molecule has 0 unspecified atom stereocenters. The van der Waals surface area contributed by atoms with Crippen molar-refractivity contribution in [2.45, 2.75) is 87.0 Å². The van der Waals surface area contributed by atoms with Gasteiger partial charge in [-0.1, -0.05) is 60.7 Å². The number of aliphatic carboxylic acids is 1. The number of carbonyl (C=O) groups excluding carboxylic acids is 8. The van der Waals surface area contributed by atoms with Crippen molar-refractivity contribution in [3.8, 4) is 0 Å². The number of carboxylic acids is 1. The van der Waals surface area contributed by atoms with Gasteiger partial charge in [-0.2, -0.15) is 0 Å². The number of hydrogen-bond acceptors (Lipinski definition) is 15. The second kappa shape index (κ2) is 26.3. The molecule has 0 radical (unpaired) electrons. The summed E-state index contributed by atoms with van der Waals surface area (Å²) in [5.41, 5.74) is 6.63. The quantitative estimate of drug-likeness (QED) is 0.0440. The molecule has 15 N–H and O–H groups in total. The molecule has 0 spiro atoms. The number of rotatable bonds is 25. The van der Waals surface area contributed by atoms with Crippen molar-refractivity contribution in [1.82, 2.24) is 42.1 Å². The zero-order valence-corrected chi connectivity index (χ0v) is 35.4. The molecule has 1 fully saturated rings. The summed E-state index contributed by atoms with van der Waals surface area (Å²) < 4.78 is 0. The van der Waals surface area contributed by atoms with E-state index in [0.29, 0.717) is 17.5 Å². The van der Waals surface area contributed by atoms with Crippen LogP contribution in [0.2, 0.25) is 0 Å². The van der Waals surface area contributed by atoms with Crippen LogP contribution in [0, 0.1) is 0 Å². The van der Waals surface area contributed by atoms with Gasteiger partial charge in [0.15, 0.2) is 0 Å². The molecule has 2 aromatic rings. The van der Waals surface area contributed by atoms with E-state index >= 15 is 0 Å². The van der Waals surface area contributed by atoms with Crippen molar-refractivity contribution in [2.75, 3.05) is 39.6 Å². The minimum atomic E-state index is -1.84. The Morgan fingerprint density at radius 1 is 0.554 bits per heavy atom. The summed E-state index contributed by atoms with van der Waals surface area (Å²) in [5.74, 6) is -9.32. The Balaban J connectivity index is 1.62. The summed E-state index contributed by atoms with van der Waals surface area (Å²) in [7, 11) is 0. The number of carboxylic acid groups (broad SMARTS) is 1. The molecule has 356 valence electrons. The summed E-state index contributed by atoms with van der Waals surface area (Å²) in [6.45, 7) is -3.51. The van der Waals surface area contributed by atoms with Crippen LogP contribution < -0.4 is 43.0 Å². The van der Waals surface area contributed by atoms with Crippen LogP contribution in [0.15, 0.2) is 60.7 Å². The molecule has 8 amide bonds. The van der Waals surface area contributed by atoms with E-state index in [4.69, 9.17) is 10.8 Å². The van der Waals surface area contributed by atoms with Crippen molar-refractivity contribution < 1.29 is 73.8 Å². The fourth-order valence-corrected chi connectivity index (χ4v) is 6.53. The van der Waals surface area contributed by atoms with Crippen molar-refractivity contribution in [1.29, 1.82) is 0 Å². The van der Waals surface area contributed by atoms with Crippen LogP contribution >= 0.6 is 0 Å². The van der Waals surface area contributed by atoms with Crippen molar-refractivity contribution >= 4 is 53.2 Å². The van der Waals surface area contributed by atoms with E-state index in [1.54, 1.807) is 60.7 Å². The van der Waals surface area contributed by atoms with Gasteiger partial charge in [0, 0.05) is 19.4 Å². The molecular formula is C41H57N9O15. The van der Waals surface area contributed by atoms with Gasteiger partial charge in [-0.15, -0.1) is 0 Å². The predicted octanol–water partition coefficient (Wildman–Crippen LogP) is -6.75. The van der Waals surface area contributed by atoms with E-state index in [-0.39, 0.29) is 25.8 Å². The highest BCUT2D eigenvalue weighted by molar-refractivity contribution is 5.98. The molecule has 0 aliphatic carbocycles. The van der Waals surface area contributed by atoms with Gasteiger partial charge in [-0.3, -0.25) is 38.4 Å². The minimum absolute atomic E-state index is 0.0128. The number of aliphatic hydroxyl groups excluding tert-OH is 5. The first-order valence-electron chi connectivity index (χ1n) is 20.5. The Kier molecular flexibility index (Phi) is 21.3. The van der Waals surface area contributed by atoms with Gasteiger partial charge in [0.1, 0.15) is 54.4 Å². The normalized spacial score (nSPS) is 17.0. The lowest BCUT2D eigenvalue weighted by molar-refractivity contribution is -0.144. The number of hydrogen-bond donors (Lipinski definition) is 14. The molecule has 24 heteroatoms. The van der Waals surface area contributed by atoms with Gasteiger partial charge in [-0.05, 0) is 30.9 Å². The summed E-state index contributed by atoms with van der Waals surface area (Å²) in [5, 5.41) is 74.4. The molecule has 1 heterocycles. The Labute approximate surface area is 372 Å². The number of amides is 8. The van der Waals surface area contributed by atoms with Gasteiger partial charge in [-0.25, -0.2) is 4.79 Å². The standard InChI is InChI=1S/C41H57N9O15/c1-22(40(63)50-14-8-13-32(50)39(62)45-27(41(64)65)16-24-11-6-3-7-12-24)43-35(58)28(18-52)48-38(61)31(21-55)49-37(60)30(20-54)47-34(57)26(15-23-9-4-2-5-10-23)44-36(59)29(19-53)46-33(56)25(42)17-51/h2-7,9-12,22,25-32,51-55H,8,13-21,42H2,1H3,(H,43,58)(H,44,59)(H,45,62)(H,46,56)(H,47,57)(H,48,61)(H,49,60)(H,64,65)/t22-,25-,26-,27-,28-,29-,30-,31-,32-/m0/s1. The van der Waals surface area contributed by atoms with Crippen LogP contribution in [0.1, 0.15) is 30.9 Å². The molecule has 65 heavy (non-hydrogen) atoms. The van der Waals surface area contributed by atoms with E-state index in [1.807, 2.05) is 0 Å². The van der Waals surface area contributed by atoms with Crippen LogP contribution in [0.3, 0.4) is 0 Å². The number of aliphatic hydroxyl groups is 5. The fourth-order valence-electron chi connectivity index (χ4n) is 6.53. The third-order valence-corrected chi connectivity index (χ3v) is 10.2. The van der Waals surface area contributed by atoms with Crippen molar-refractivity contribution in [2.24, 2.45) is 5.73 Å². The number of nitrogens with zero attached hydrogens (tertiary/aromatic N) is 1. The van der Waals surface area contributed by atoms with E-state index in [2.05, 4.69) is 37.2 Å². The Morgan fingerprint density at radius 3 is 1.35 bits per heavy atom. The highest BCUT2D eigenvalue weighted by atomic mass is 16.4. The monoisotopic (exact) mass is 915 g/mol. The van der Waals surface area contributed by atoms with Gasteiger partial charge in [0.05, 0.1) is 33.0 Å². The first-order chi connectivity index (χ1) is 31.0. The minimum Gasteiger partial charge on any atom is -0.480 e. The molecule has 24 nitrogen and oxygen atoms in total. The molecule has 1 aliphatic heterocycles. The van der Waals surface area contributed by atoms with E-state index in [9.17, 15) is 68.7 Å². The van der Waals surface area contributed by atoms with Gasteiger partial charge in [0.2, 0.25) is 47.3 Å². The average molecular weight is 916 g/mol. The second-order valence-electron chi connectivity index (χ2n) is 15.0. The maximum absolute atomic E-state index is 13.5. The first-order valence-corrected chi connectivity index (χ1v) is 20.5. The largest absolute Gasteiger partial charge is 0.480 e. The number of carbonyl (C=O) groups is 9. The van der Waals surface area contributed by atoms with Crippen LogP contribution in [0.25, 0.3) is 0 Å². The Morgan fingerprint density at radius 2 is 0.938 bits per heavy atom. The molecule has 2 aromatic carbocycles. The molecule has 0 aromatic heterocycles. The maximum Gasteiger partial charge on any atom is 0.326 e. The highest BCUT2D eigenvalue weighted by Gasteiger charge is 2.39. The lowest BCUT2D eigenvalue weighted by Gasteiger charge is -2.29. The molecule has 0 saturated carbocycles. The number of nitrogens with two attached hydrogens (primary N) is 1. The zero-order valence-electron chi connectivity index (χ0n) is 35.4. The van der Waals surface area contributed by atoms with Gasteiger partial charge >= 0.3 is 5.97 Å². The van der Waals surface area contributed by atoms with E-state index < -0.39 is 141 Å². The molecular weight excluding hydrogens is 858 g/mol. The van der Waals surface area contributed by atoms with E-state index in [0.717, 1.165) is 0 Å². The Bertz CT molecular complexity index is 1960. The fraction of sp³-hybridized carbons (Fsp3) is 0.488. The summed E-state index contributed by atoms with van der Waals surface area (Å²) >= 11 is 0. The van der Waals surface area contributed by atoms with Crippen LogP contribution in [-0.4, -0.2) is 183 Å². The third kappa shape index (κ3) is 15.9. The maximum atomic E-state index is 13.5. The second-order valence-corrected chi connectivity index (χ2v) is 15.0. The molecule has 9 atom stereocenters.